The molecule has 0 bridgehead atoms. The van der Waals surface area contributed by atoms with E-state index in [-0.39, 0.29) is 5.41 Å². The quantitative estimate of drug-likeness (QED) is 0.346. The van der Waals surface area contributed by atoms with Gasteiger partial charge in [-0.2, -0.15) is 10.5 Å². The summed E-state index contributed by atoms with van der Waals surface area (Å²) in [5, 5.41) is 36.7. The van der Waals surface area contributed by atoms with E-state index in [1.165, 1.54) is 6.33 Å². The Balaban J connectivity index is 1.63. The maximum atomic E-state index is 9.98. The van der Waals surface area contributed by atoms with E-state index in [1.54, 1.807) is 16.9 Å². The third-order valence-corrected chi connectivity index (χ3v) is 7.16. The summed E-state index contributed by atoms with van der Waals surface area (Å²) in [7, 11) is 1.96. The number of rotatable bonds is 7. The van der Waals surface area contributed by atoms with Gasteiger partial charge in [0.15, 0.2) is 5.54 Å². The molecule has 2 N–H and O–H groups in total. The summed E-state index contributed by atoms with van der Waals surface area (Å²) < 4.78 is 1.64. The number of anilines is 2. The van der Waals surface area contributed by atoms with Crippen molar-refractivity contribution < 1.29 is 0 Å². The van der Waals surface area contributed by atoms with E-state index in [4.69, 9.17) is 11.6 Å². The first-order valence-electron chi connectivity index (χ1n) is 12.4. The van der Waals surface area contributed by atoms with Gasteiger partial charge in [-0.1, -0.05) is 55.8 Å². The molecule has 9 nitrogen and oxygen atoms in total. The zero-order valence-electron chi connectivity index (χ0n) is 21.7. The first-order chi connectivity index (χ1) is 18.1. The molecule has 1 unspecified atom stereocenters. The summed E-state index contributed by atoms with van der Waals surface area (Å²) in [6.07, 6.45) is 4.75. The zero-order chi connectivity index (χ0) is 27.1. The van der Waals surface area contributed by atoms with Crippen molar-refractivity contribution in [1.82, 2.24) is 25.0 Å². The van der Waals surface area contributed by atoms with Crippen LogP contribution < -0.4 is 10.6 Å². The fourth-order valence-corrected chi connectivity index (χ4v) is 4.78. The second kappa shape index (κ2) is 9.31. The van der Waals surface area contributed by atoms with E-state index in [0.717, 1.165) is 23.8 Å². The molecule has 0 aliphatic heterocycles. The van der Waals surface area contributed by atoms with Gasteiger partial charge in [-0.25, -0.2) is 14.6 Å². The number of halogens is 1. The summed E-state index contributed by atoms with van der Waals surface area (Å²) in [4.78, 5) is 8.86. The van der Waals surface area contributed by atoms with Gasteiger partial charge in [-0.3, -0.25) is 0 Å². The first-order valence-corrected chi connectivity index (χ1v) is 12.8. The summed E-state index contributed by atoms with van der Waals surface area (Å²) in [6.45, 7) is 7.10. The number of hydrogen-bond acceptors (Lipinski definition) is 8. The molecule has 0 saturated heterocycles. The third-order valence-electron chi connectivity index (χ3n) is 6.83. The minimum Gasteiger partial charge on any atom is -0.377 e. The van der Waals surface area contributed by atoms with Crippen LogP contribution in [0.15, 0.2) is 48.9 Å². The van der Waals surface area contributed by atoms with E-state index in [2.05, 4.69) is 63.8 Å². The first kappa shape index (κ1) is 25.5. The summed E-state index contributed by atoms with van der Waals surface area (Å²) >= 11 is 6.69. The van der Waals surface area contributed by atoms with Gasteiger partial charge in [-0.15, -0.1) is 5.10 Å². The molecule has 2 aromatic heterocycles. The smallest absolute Gasteiger partial charge is 0.150 e. The van der Waals surface area contributed by atoms with E-state index < -0.39 is 11.0 Å². The number of hydrogen-bond donors (Lipinski definition) is 2. The third kappa shape index (κ3) is 4.64. The molecule has 0 amide bonds. The number of fused-ring (bicyclic) bond motifs is 1. The lowest BCUT2D eigenvalue weighted by Gasteiger charge is -2.32. The molecule has 0 radical (unpaired) electrons. The van der Waals surface area contributed by atoms with E-state index in [9.17, 15) is 10.5 Å². The summed E-state index contributed by atoms with van der Waals surface area (Å²) in [5.41, 5.74) is 1.48. The average molecular weight is 524 g/mol. The summed E-state index contributed by atoms with van der Waals surface area (Å²) in [5.74, 6) is 0.653. The average Bonchev–Trinajstić information content (AvgIpc) is 3.53. The predicted octanol–water partition coefficient (Wildman–Crippen LogP) is 4.16. The molecule has 2 aromatic carbocycles. The lowest BCUT2D eigenvalue weighted by molar-refractivity contribution is 0.442. The lowest BCUT2D eigenvalue weighted by Crippen LogP contribution is -2.38. The van der Waals surface area contributed by atoms with E-state index in [1.807, 2.05) is 38.2 Å². The number of nitrogens with zero attached hydrogens (tertiary/aromatic N) is 7. The Morgan fingerprint density at radius 3 is 2.58 bits per heavy atom. The molecule has 1 aliphatic rings. The molecule has 1 fully saturated rings. The van der Waals surface area contributed by atoms with Gasteiger partial charge in [0.25, 0.3) is 0 Å². The number of nitrogens with one attached hydrogen (secondary N) is 2. The molecule has 2 heterocycles. The minimum atomic E-state index is -0.933. The van der Waals surface area contributed by atoms with E-state index in [0.29, 0.717) is 39.8 Å². The van der Waals surface area contributed by atoms with Gasteiger partial charge < -0.3 is 10.6 Å². The molecule has 190 valence electrons. The topological polar surface area (TPSA) is 128 Å². The molecule has 4 aromatic rings. The van der Waals surface area contributed by atoms with Crippen molar-refractivity contribution in [3.8, 4) is 12.1 Å². The largest absolute Gasteiger partial charge is 0.377 e. The SMILES string of the molecule is BC(Nc1cc(C#N)c2ncnc(NCC(C)(C)C)c2c1)(c1cn(C2(C#N)CC2)nn1)c1ccccc1Cl. The fraction of sp³-hybridized carbons (Fsp3) is 0.333. The molecule has 11 heteroatoms. The minimum absolute atomic E-state index is 0.0298. The molecule has 1 saturated carbocycles. The highest BCUT2D eigenvalue weighted by molar-refractivity contribution is 6.33. The van der Waals surface area contributed by atoms with Gasteiger partial charge in [0, 0.05) is 22.6 Å². The van der Waals surface area contributed by atoms with Crippen LogP contribution in [0.2, 0.25) is 5.02 Å². The van der Waals surface area contributed by atoms with Crippen LogP contribution in [0.1, 0.15) is 50.4 Å². The Bertz CT molecular complexity index is 1610. The highest BCUT2D eigenvalue weighted by atomic mass is 35.5. The molecule has 1 aliphatic carbocycles. The Morgan fingerprint density at radius 1 is 1.16 bits per heavy atom. The van der Waals surface area contributed by atoms with Crippen molar-refractivity contribution in [1.29, 1.82) is 10.5 Å². The zero-order valence-corrected chi connectivity index (χ0v) is 22.5. The Hall–Kier alpha value is -4.15. The maximum absolute atomic E-state index is 9.98. The lowest BCUT2D eigenvalue weighted by atomic mass is 9.69. The van der Waals surface area contributed by atoms with Crippen molar-refractivity contribution in [3.63, 3.8) is 0 Å². The summed E-state index contributed by atoms with van der Waals surface area (Å²) in [6, 6.07) is 15.8. The monoisotopic (exact) mass is 523 g/mol. The fourth-order valence-electron chi connectivity index (χ4n) is 4.45. The second-order valence-corrected chi connectivity index (χ2v) is 11.5. The Morgan fingerprint density at radius 2 is 1.92 bits per heavy atom. The predicted molar refractivity (Wildman–Crippen MR) is 149 cm³/mol. The molecular formula is C27H27BClN9. The van der Waals surface area contributed by atoms with Crippen molar-refractivity contribution in [2.45, 2.75) is 44.6 Å². The van der Waals surface area contributed by atoms with Crippen LogP contribution in [0.25, 0.3) is 10.9 Å². The Labute approximate surface area is 227 Å². The number of aromatic nitrogens is 5. The maximum Gasteiger partial charge on any atom is 0.150 e. The van der Waals surface area contributed by atoms with Crippen LogP contribution in [0, 0.1) is 28.1 Å². The van der Waals surface area contributed by atoms with E-state index >= 15 is 0 Å². The van der Waals surface area contributed by atoms with Crippen LogP contribution in [0.5, 0.6) is 0 Å². The van der Waals surface area contributed by atoms with Crippen molar-refractivity contribution in [3.05, 3.63) is 70.8 Å². The van der Waals surface area contributed by atoms with Crippen LogP contribution in [-0.2, 0) is 11.0 Å². The number of benzene rings is 2. The van der Waals surface area contributed by atoms with Gasteiger partial charge in [0.05, 0.1) is 28.8 Å². The van der Waals surface area contributed by atoms with Gasteiger partial charge >= 0.3 is 0 Å². The van der Waals surface area contributed by atoms with Crippen LogP contribution in [-0.4, -0.2) is 39.4 Å². The van der Waals surface area contributed by atoms with Gasteiger partial charge in [0.2, 0.25) is 0 Å². The normalized spacial score (nSPS) is 15.7. The van der Waals surface area contributed by atoms with Crippen LogP contribution in [0.4, 0.5) is 11.5 Å². The molecule has 5 rings (SSSR count). The number of nitriles is 2. The van der Waals surface area contributed by atoms with Crippen LogP contribution >= 0.6 is 11.6 Å². The second-order valence-electron chi connectivity index (χ2n) is 11.1. The van der Waals surface area contributed by atoms with Gasteiger partial charge in [0.1, 0.15) is 31.8 Å². The van der Waals surface area contributed by atoms with Gasteiger partial charge in [-0.05, 0) is 42.0 Å². The molecule has 0 spiro atoms. The highest BCUT2D eigenvalue weighted by Crippen LogP contribution is 2.43. The molecule has 1 atom stereocenters. The highest BCUT2D eigenvalue weighted by Gasteiger charge is 2.47. The molecular weight excluding hydrogens is 497 g/mol. The van der Waals surface area contributed by atoms with Crippen molar-refractivity contribution >= 4 is 41.9 Å². The Kier molecular flexibility index (Phi) is 6.25. The van der Waals surface area contributed by atoms with Crippen molar-refractivity contribution in [2.75, 3.05) is 17.2 Å². The molecule has 38 heavy (non-hydrogen) atoms. The van der Waals surface area contributed by atoms with Crippen LogP contribution in [0.3, 0.4) is 0 Å². The van der Waals surface area contributed by atoms with Crippen molar-refractivity contribution in [2.24, 2.45) is 5.41 Å². The standard InChI is InChI=1S/C27H27BClN9/c1-25(2,3)15-32-24-19-11-18(10-17(12-30)23(19)33-16-34-24)35-27(28,20-6-4-5-7-21(20)29)22-13-38(37-36-22)26(14-31)8-9-26/h4-7,10-11,13,16,35H,8-9,15,28H2,1-3H3,(H,32,33,34).